The third kappa shape index (κ3) is 4.05. The topological polar surface area (TPSA) is 55.8 Å². The Morgan fingerprint density at radius 2 is 1.79 bits per heavy atom. The molecular weight excluding hydrogens is 304 g/mol. The van der Waals surface area contributed by atoms with Crippen LogP contribution in [0.1, 0.15) is 48.9 Å². The number of benzene rings is 1. The zero-order valence-corrected chi connectivity index (χ0v) is 15.1. The summed E-state index contributed by atoms with van der Waals surface area (Å²) < 4.78 is 10.2. The minimum absolute atomic E-state index is 0.0111. The van der Waals surface area contributed by atoms with Gasteiger partial charge in [-0.25, -0.2) is 0 Å². The Kier molecular flexibility index (Phi) is 6.58. The van der Waals surface area contributed by atoms with Crippen molar-refractivity contribution in [2.45, 2.75) is 46.5 Å². The lowest BCUT2D eigenvalue weighted by molar-refractivity contribution is -0.116. The van der Waals surface area contributed by atoms with E-state index in [1.807, 2.05) is 0 Å². The molecular formula is C20H28O4. The Labute approximate surface area is 144 Å². The first kappa shape index (κ1) is 18.7. The van der Waals surface area contributed by atoms with Crippen molar-refractivity contribution in [2.24, 2.45) is 5.92 Å². The van der Waals surface area contributed by atoms with Gasteiger partial charge < -0.3 is 14.6 Å². The van der Waals surface area contributed by atoms with E-state index >= 15 is 0 Å². The summed E-state index contributed by atoms with van der Waals surface area (Å²) in [5, 5.41) is 10.6. The molecule has 2 rings (SSSR count). The zero-order chi connectivity index (χ0) is 17.7. The number of rotatable bonds is 7. The maximum atomic E-state index is 12.8. The molecule has 0 fully saturated rings. The first-order valence-corrected chi connectivity index (χ1v) is 8.66. The van der Waals surface area contributed by atoms with Gasteiger partial charge >= 0.3 is 0 Å². The Morgan fingerprint density at radius 1 is 1.17 bits per heavy atom. The van der Waals surface area contributed by atoms with Crippen molar-refractivity contribution in [2.75, 3.05) is 20.5 Å². The number of ketones is 1. The number of hydrogen-bond acceptors (Lipinski definition) is 4. The Balaban J connectivity index is 2.38. The second kappa shape index (κ2) is 8.45. The summed E-state index contributed by atoms with van der Waals surface area (Å²) in [6, 6.07) is 4.24. The van der Waals surface area contributed by atoms with Crippen molar-refractivity contribution in [3.63, 3.8) is 0 Å². The molecule has 1 aromatic rings. The van der Waals surface area contributed by atoms with Crippen molar-refractivity contribution in [3.8, 4) is 0 Å². The lowest BCUT2D eigenvalue weighted by atomic mass is 9.80. The summed E-state index contributed by atoms with van der Waals surface area (Å²) in [6.07, 6.45) is 2.57. The highest BCUT2D eigenvalue weighted by Crippen LogP contribution is 2.36. The van der Waals surface area contributed by atoms with E-state index in [1.54, 1.807) is 7.11 Å². The van der Waals surface area contributed by atoms with E-state index in [-0.39, 0.29) is 24.3 Å². The molecule has 4 heteroatoms. The van der Waals surface area contributed by atoms with Crippen LogP contribution >= 0.6 is 0 Å². The third-order valence-electron chi connectivity index (χ3n) is 4.54. The highest BCUT2D eigenvalue weighted by Gasteiger charge is 2.30. The third-order valence-corrected chi connectivity index (χ3v) is 4.54. The molecule has 4 nitrogen and oxygen atoms in total. The largest absolute Gasteiger partial charge is 0.512 e. The van der Waals surface area contributed by atoms with E-state index in [1.165, 1.54) is 5.56 Å². The van der Waals surface area contributed by atoms with Gasteiger partial charge in [0.15, 0.2) is 5.78 Å². The highest BCUT2D eigenvalue weighted by atomic mass is 16.7. The van der Waals surface area contributed by atoms with Crippen LogP contribution in [-0.4, -0.2) is 31.4 Å². The second-order valence-electron chi connectivity index (χ2n) is 6.46. The molecule has 0 saturated carbocycles. The van der Waals surface area contributed by atoms with Crippen LogP contribution in [0.5, 0.6) is 0 Å². The van der Waals surface area contributed by atoms with Crippen molar-refractivity contribution in [1.82, 2.24) is 0 Å². The van der Waals surface area contributed by atoms with Crippen LogP contribution < -0.4 is 0 Å². The van der Waals surface area contributed by atoms with Crippen LogP contribution in [0, 0.1) is 12.8 Å². The second-order valence-corrected chi connectivity index (χ2v) is 6.46. The molecule has 0 radical (unpaired) electrons. The van der Waals surface area contributed by atoms with Crippen LogP contribution in [0.4, 0.5) is 0 Å². The van der Waals surface area contributed by atoms with Gasteiger partial charge in [-0.3, -0.25) is 4.79 Å². The molecule has 1 atom stereocenters. The predicted molar refractivity (Wildman–Crippen MR) is 95.0 cm³/mol. The van der Waals surface area contributed by atoms with E-state index in [0.29, 0.717) is 25.0 Å². The minimum Gasteiger partial charge on any atom is -0.512 e. The van der Waals surface area contributed by atoms with E-state index in [2.05, 4.69) is 32.9 Å². The van der Waals surface area contributed by atoms with E-state index < -0.39 is 0 Å². The van der Waals surface area contributed by atoms with Crippen LogP contribution in [0.15, 0.2) is 17.9 Å². The standard InChI is InChI=1S/C20H28O4/c1-5-15-7-13(3)8-16(6-2)19(15)20-17(21)9-14(10-18(20)22)11-24-12-23-4/h7-8,14,21H,5-6,9-12H2,1-4H3. The number of aliphatic hydroxyl groups is 1. The average molecular weight is 332 g/mol. The van der Waals surface area contributed by atoms with Crippen LogP contribution in [-0.2, 0) is 27.1 Å². The molecule has 0 heterocycles. The van der Waals surface area contributed by atoms with Gasteiger partial charge in [0.25, 0.3) is 0 Å². The summed E-state index contributed by atoms with van der Waals surface area (Å²) in [5.74, 6) is 0.223. The van der Waals surface area contributed by atoms with Gasteiger partial charge in [0, 0.05) is 20.0 Å². The number of allylic oxidation sites excluding steroid dienone is 2. The monoisotopic (exact) mass is 332 g/mol. The fraction of sp³-hybridized carbons (Fsp3) is 0.550. The summed E-state index contributed by atoms with van der Waals surface area (Å²) in [4.78, 5) is 12.8. The lowest BCUT2D eigenvalue weighted by Crippen LogP contribution is -2.24. The quantitative estimate of drug-likeness (QED) is 0.606. The number of methoxy groups -OCH3 is 1. The van der Waals surface area contributed by atoms with E-state index in [4.69, 9.17) is 9.47 Å². The Bertz CT molecular complexity index is 606. The zero-order valence-electron chi connectivity index (χ0n) is 15.1. The van der Waals surface area contributed by atoms with Crippen molar-refractivity contribution in [1.29, 1.82) is 0 Å². The van der Waals surface area contributed by atoms with Gasteiger partial charge in [0.05, 0.1) is 12.2 Å². The fourth-order valence-corrected chi connectivity index (χ4v) is 3.49. The summed E-state index contributed by atoms with van der Waals surface area (Å²) in [7, 11) is 1.57. The van der Waals surface area contributed by atoms with Gasteiger partial charge in [-0.1, -0.05) is 31.5 Å². The summed E-state index contributed by atoms with van der Waals surface area (Å²) in [6.45, 7) is 6.88. The number of carbonyl (C=O) groups is 1. The number of aryl methyl sites for hydroxylation is 3. The Morgan fingerprint density at radius 3 is 2.29 bits per heavy atom. The first-order chi connectivity index (χ1) is 11.5. The molecule has 1 aliphatic rings. The summed E-state index contributed by atoms with van der Waals surface area (Å²) in [5.41, 5.74) is 4.93. The number of aliphatic hydroxyl groups excluding tert-OH is 1. The maximum Gasteiger partial charge on any atom is 0.167 e. The van der Waals surface area contributed by atoms with Crippen molar-refractivity contribution in [3.05, 3.63) is 40.1 Å². The SMILES string of the molecule is CCc1cc(C)cc(CC)c1C1=C(O)CC(COCOC)CC1=O. The Hall–Kier alpha value is -1.65. The van der Waals surface area contributed by atoms with E-state index in [9.17, 15) is 9.90 Å². The molecule has 1 aliphatic carbocycles. The van der Waals surface area contributed by atoms with Crippen LogP contribution in [0.25, 0.3) is 5.57 Å². The molecule has 1 aromatic carbocycles. The molecule has 132 valence electrons. The molecule has 1 N–H and O–H groups in total. The summed E-state index contributed by atoms with van der Waals surface area (Å²) >= 11 is 0. The molecule has 24 heavy (non-hydrogen) atoms. The van der Waals surface area contributed by atoms with Crippen LogP contribution in [0.2, 0.25) is 0 Å². The molecule has 0 aliphatic heterocycles. The first-order valence-electron chi connectivity index (χ1n) is 8.66. The minimum atomic E-state index is 0.0111. The number of Topliss-reactive ketones (excluding diaryl/α,β-unsaturated/α-hetero) is 1. The average Bonchev–Trinajstić information content (AvgIpc) is 2.55. The van der Waals surface area contributed by atoms with Gasteiger partial charge in [-0.15, -0.1) is 0 Å². The fourth-order valence-electron chi connectivity index (χ4n) is 3.49. The molecule has 0 aromatic heterocycles. The number of hydrogen-bond donors (Lipinski definition) is 1. The molecule has 1 unspecified atom stereocenters. The molecule has 0 spiro atoms. The number of carbonyl (C=O) groups excluding carboxylic acids is 1. The van der Waals surface area contributed by atoms with Gasteiger partial charge in [0.2, 0.25) is 0 Å². The van der Waals surface area contributed by atoms with Crippen molar-refractivity contribution >= 4 is 11.4 Å². The predicted octanol–water partition coefficient (Wildman–Crippen LogP) is 3.99. The maximum absolute atomic E-state index is 12.8. The van der Waals surface area contributed by atoms with Gasteiger partial charge in [-0.2, -0.15) is 0 Å². The van der Waals surface area contributed by atoms with E-state index in [0.717, 1.165) is 29.5 Å². The normalized spacial score (nSPS) is 18.3. The van der Waals surface area contributed by atoms with Gasteiger partial charge in [-0.05, 0) is 42.4 Å². The highest BCUT2D eigenvalue weighted by molar-refractivity contribution is 6.22. The molecule has 0 saturated heterocycles. The van der Waals surface area contributed by atoms with Gasteiger partial charge in [0.1, 0.15) is 12.6 Å². The molecule has 0 bridgehead atoms. The van der Waals surface area contributed by atoms with Crippen molar-refractivity contribution < 1.29 is 19.4 Å². The molecule has 0 amide bonds. The smallest absolute Gasteiger partial charge is 0.167 e. The number of ether oxygens (including phenoxy) is 2. The van der Waals surface area contributed by atoms with Crippen LogP contribution in [0.3, 0.4) is 0 Å². The lowest BCUT2D eigenvalue weighted by Gasteiger charge is -2.26.